The van der Waals surface area contributed by atoms with Gasteiger partial charge in [0.05, 0.1) is 0 Å². The van der Waals surface area contributed by atoms with Crippen molar-refractivity contribution in [2.24, 2.45) is 0 Å². The largest absolute Gasteiger partial charge is 0.456 e. The molecule has 10 aromatic rings. The van der Waals surface area contributed by atoms with Gasteiger partial charge in [-0.3, -0.25) is 0 Å². The van der Waals surface area contributed by atoms with Gasteiger partial charge in [-0.05, 0) is 112 Å². The highest BCUT2D eigenvalue weighted by atomic mass is 16.3. The number of nitrogens with zero attached hydrogens (tertiary/aromatic N) is 2. The molecule has 0 atom stereocenters. The first-order chi connectivity index (χ1) is 24.7. The van der Waals surface area contributed by atoms with Gasteiger partial charge in [0.25, 0.3) is 0 Å². The highest BCUT2D eigenvalue weighted by Gasteiger charge is 2.22. The number of rotatable bonds is 4. The molecule has 0 spiro atoms. The van der Waals surface area contributed by atoms with E-state index in [1.165, 1.54) is 22.3 Å². The van der Waals surface area contributed by atoms with Crippen LogP contribution in [0, 0.1) is 0 Å². The van der Waals surface area contributed by atoms with Gasteiger partial charge >= 0.3 is 0 Å². The molecule has 1 aliphatic rings. The fraction of sp³-hybridized carbons (Fsp3) is 0.0217. The van der Waals surface area contributed by atoms with Crippen molar-refractivity contribution in [3.05, 3.63) is 169 Å². The molecule has 2 aromatic heterocycles. The molecular formula is C46H28N2O2. The van der Waals surface area contributed by atoms with E-state index in [1.54, 1.807) is 0 Å². The Bertz CT molecular complexity index is 2970. The first-order valence-electron chi connectivity index (χ1n) is 17.0. The molecule has 8 aromatic carbocycles. The Labute approximate surface area is 287 Å². The molecule has 0 saturated heterocycles. The average Bonchev–Trinajstić information content (AvgIpc) is 3.88. The lowest BCUT2D eigenvalue weighted by Crippen LogP contribution is -2.10. The van der Waals surface area contributed by atoms with Crippen LogP contribution >= 0.6 is 0 Å². The molecule has 0 aliphatic heterocycles. The Balaban J connectivity index is 1.16. The Kier molecular flexibility index (Phi) is 5.69. The van der Waals surface area contributed by atoms with Gasteiger partial charge < -0.3 is 13.7 Å². The van der Waals surface area contributed by atoms with E-state index in [-0.39, 0.29) is 0 Å². The average molecular weight is 641 g/mol. The van der Waals surface area contributed by atoms with Crippen LogP contribution in [-0.4, -0.2) is 4.98 Å². The zero-order chi connectivity index (χ0) is 32.8. The molecule has 4 heteroatoms. The summed E-state index contributed by atoms with van der Waals surface area (Å²) in [5.41, 5.74) is 12.9. The summed E-state index contributed by atoms with van der Waals surface area (Å²) in [5.74, 6) is 0.627. The molecule has 50 heavy (non-hydrogen) atoms. The summed E-state index contributed by atoms with van der Waals surface area (Å²) in [6.45, 7) is 0. The van der Waals surface area contributed by atoms with E-state index >= 15 is 0 Å². The fourth-order valence-electron chi connectivity index (χ4n) is 7.90. The van der Waals surface area contributed by atoms with E-state index in [9.17, 15) is 0 Å². The lowest BCUT2D eigenvalue weighted by atomic mass is 9.99. The molecule has 0 radical (unpaired) electrons. The van der Waals surface area contributed by atoms with E-state index in [0.717, 1.165) is 83.6 Å². The van der Waals surface area contributed by atoms with E-state index in [1.807, 2.05) is 42.5 Å². The molecule has 0 saturated carbocycles. The number of hydrogen-bond acceptors (Lipinski definition) is 4. The maximum Gasteiger partial charge on any atom is 0.227 e. The topological polar surface area (TPSA) is 42.4 Å². The van der Waals surface area contributed by atoms with Gasteiger partial charge in [-0.2, -0.15) is 0 Å². The van der Waals surface area contributed by atoms with E-state index < -0.39 is 0 Å². The molecule has 0 bridgehead atoms. The molecule has 4 nitrogen and oxygen atoms in total. The summed E-state index contributed by atoms with van der Waals surface area (Å²) in [7, 11) is 0. The van der Waals surface area contributed by atoms with Gasteiger partial charge in [-0.1, -0.05) is 91.0 Å². The summed E-state index contributed by atoms with van der Waals surface area (Å²) in [6.07, 6.45) is 0.957. The van der Waals surface area contributed by atoms with Crippen molar-refractivity contribution < 1.29 is 8.83 Å². The van der Waals surface area contributed by atoms with Crippen LogP contribution in [0.1, 0.15) is 11.1 Å². The lowest BCUT2D eigenvalue weighted by molar-refractivity contribution is 0.623. The maximum atomic E-state index is 6.57. The summed E-state index contributed by atoms with van der Waals surface area (Å²) < 4.78 is 12.8. The number of para-hydroxylation sites is 1. The lowest BCUT2D eigenvalue weighted by Gasteiger charge is -2.27. The molecular weight excluding hydrogens is 613 g/mol. The summed E-state index contributed by atoms with van der Waals surface area (Å²) >= 11 is 0. The third kappa shape index (κ3) is 4.09. The van der Waals surface area contributed by atoms with Crippen LogP contribution in [-0.2, 0) is 6.42 Å². The Morgan fingerprint density at radius 2 is 1.16 bits per heavy atom. The minimum Gasteiger partial charge on any atom is -0.456 e. The highest BCUT2D eigenvalue weighted by molar-refractivity contribution is 6.19. The van der Waals surface area contributed by atoms with Gasteiger partial charge in [0, 0.05) is 38.8 Å². The van der Waals surface area contributed by atoms with Crippen LogP contribution in [0.25, 0.3) is 77.2 Å². The number of fused-ring (bicyclic) bond motifs is 11. The second-order valence-electron chi connectivity index (χ2n) is 13.2. The third-order valence-corrected chi connectivity index (χ3v) is 10.3. The van der Waals surface area contributed by atoms with Gasteiger partial charge in [-0.15, -0.1) is 0 Å². The van der Waals surface area contributed by atoms with Crippen molar-refractivity contribution in [2.45, 2.75) is 6.42 Å². The Hall–Kier alpha value is -6.65. The Morgan fingerprint density at radius 1 is 0.480 bits per heavy atom. The summed E-state index contributed by atoms with van der Waals surface area (Å²) in [5, 5.41) is 6.65. The zero-order valence-electron chi connectivity index (χ0n) is 26.9. The molecule has 0 N–H and O–H groups in total. The number of furan rings is 1. The van der Waals surface area contributed by atoms with Crippen LogP contribution in [0.5, 0.6) is 0 Å². The van der Waals surface area contributed by atoms with Crippen molar-refractivity contribution in [1.82, 2.24) is 4.98 Å². The van der Waals surface area contributed by atoms with Crippen molar-refractivity contribution in [1.29, 1.82) is 0 Å². The van der Waals surface area contributed by atoms with Gasteiger partial charge in [0.15, 0.2) is 5.58 Å². The Morgan fingerprint density at radius 3 is 2.10 bits per heavy atom. The van der Waals surface area contributed by atoms with Crippen molar-refractivity contribution in [3.63, 3.8) is 0 Å². The first kappa shape index (κ1) is 27.3. The van der Waals surface area contributed by atoms with E-state index in [4.69, 9.17) is 13.8 Å². The maximum absolute atomic E-state index is 6.57. The minimum absolute atomic E-state index is 0.627. The molecule has 234 valence electrons. The number of aromatic nitrogens is 1. The second-order valence-corrected chi connectivity index (χ2v) is 13.2. The smallest absolute Gasteiger partial charge is 0.227 e. The number of hydrogen-bond donors (Lipinski definition) is 0. The zero-order valence-corrected chi connectivity index (χ0v) is 26.9. The van der Waals surface area contributed by atoms with Gasteiger partial charge in [-0.25, -0.2) is 4.98 Å². The van der Waals surface area contributed by atoms with Crippen LogP contribution in [0.3, 0.4) is 0 Å². The number of anilines is 3. The van der Waals surface area contributed by atoms with E-state index in [2.05, 4.69) is 120 Å². The van der Waals surface area contributed by atoms with Gasteiger partial charge in [0.2, 0.25) is 5.89 Å². The molecule has 0 unspecified atom stereocenters. The molecule has 0 fully saturated rings. The molecule has 11 rings (SSSR count). The second kappa shape index (κ2) is 10.4. The quantitative estimate of drug-likeness (QED) is 0.180. The van der Waals surface area contributed by atoms with Crippen molar-refractivity contribution in [2.75, 3.05) is 4.90 Å². The summed E-state index contributed by atoms with van der Waals surface area (Å²) in [6, 6.07) is 55.9. The normalized spacial score (nSPS) is 12.3. The van der Waals surface area contributed by atoms with E-state index in [0.29, 0.717) is 5.89 Å². The van der Waals surface area contributed by atoms with Gasteiger partial charge in [0.1, 0.15) is 16.7 Å². The predicted octanol–water partition coefficient (Wildman–Crippen LogP) is 12.7. The summed E-state index contributed by atoms with van der Waals surface area (Å²) in [4.78, 5) is 7.28. The fourth-order valence-corrected chi connectivity index (χ4v) is 7.90. The highest BCUT2D eigenvalue weighted by Crippen LogP contribution is 2.45. The van der Waals surface area contributed by atoms with Crippen LogP contribution in [0.2, 0.25) is 0 Å². The van der Waals surface area contributed by atoms with Crippen molar-refractivity contribution in [3.8, 4) is 22.6 Å². The van der Waals surface area contributed by atoms with Crippen molar-refractivity contribution >= 4 is 71.6 Å². The minimum atomic E-state index is 0.627. The monoisotopic (exact) mass is 640 g/mol. The number of oxazole rings is 1. The third-order valence-electron chi connectivity index (χ3n) is 10.3. The molecule has 1 aliphatic carbocycles. The molecule has 0 amide bonds. The standard InChI is InChI=1S/C46H28N2O2/c1-2-8-30(9-3-1)46-47-41-22-18-29-15-14-28-16-19-34(26-39(28)44(29)45(41)50-46)48(33-20-17-32-24-31-10-4-5-11-36(31)38(32)25-33)35-21-23-43-40(27-35)37-12-6-7-13-42(37)49-43/h1-23,25-27H,24H2. The number of benzene rings is 8. The van der Waals surface area contributed by atoms with Crippen LogP contribution < -0.4 is 4.90 Å². The predicted molar refractivity (Wildman–Crippen MR) is 205 cm³/mol. The molecule has 2 heterocycles. The van der Waals surface area contributed by atoms with Crippen LogP contribution in [0.15, 0.2) is 167 Å². The van der Waals surface area contributed by atoms with Crippen LogP contribution in [0.4, 0.5) is 17.1 Å². The SMILES string of the molecule is c1ccc(-c2nc3ccc4ccc5ccc(N(c6ccc7c(c6)-c6ccccc6C7)c6ccc7oc8ccccc8c7c6)cc5c4c3o2)cc1. The first-order valence-corrected chi connectivity index (χ1v) is 17.0.